The van der Waals surface area contributed by atoms with Gasteiger partial charge >= 0.3 is 0 Å². The zero-order chi connectivity index (χ0) is 19.6. The number of carbonyl (C=O) groups excluding carboxylic acids is 3. The van der Waals surface area contributed by atoms with Gasteiger partial charge < -0.3 is 4.90 Å². The van der Waals surface area contributed by atoms with Gasteiger partial charge in [-0.25, -0.2) is 0 Å². The molecule has 150 valence electrons. The van der Waals surface area contributed by atoms with Gasteiger partial charge in [-0.1, -0.05) is 56.7 Å². The second-order valence-electron chi connectivity index (χ2n) is 8.69. The molecule has 1 aromatic carbocycles. The van der Waals surface area contributed by atoms with Crippen molar-refractivity contribution in [2.24, 2.45) is 5.41 Å². The average Bonchev–Trinajstić information content (AvgIpc) is 2.94. The van der Waals surface area contributed by atoms with E-state index in [-0.39, 0.29) is 36.7 Å². The third-order valence-electron chi connectivity index (χ3n) is 6.84. The van der Waals surface area contributed by atoms with Crippen LogP contribution in [-0.2, 0) is 14.4 Å². The van der Waals surface area contributed by atoms with Crippen LogP contribution in [-0.4, -0.2) is 35.2 Å². The molecule has 3 amide bonds. The van der Waals surface area contributed by atoms with Crippen LogP contribution >= 0.6 is 0 Å². The molecule has 1 aliphatic heterocycles. The maximum absolute atomic E-state index is 13.3. The van der Waals surface area contributed by atoms with Crippen molar-refractivity contribution in [2.45, 2.75) is 76.7 Å². The van der Waals surface area contributed by atoms with Crippen LogP contribution in [0.3, 0.4) is 0 Å². The highest BCUT2D eigenvalue weighted by Gasteiger charge is 2.52. The van der Waals surface area contributed by atoms with Gasteiger partial charge in [-0.05, 0) is 37.8 Å². The maximum atomic E-state index is 13.3. The highest BCUT2D eigenvalue weighted by molar-refractivity contribution is 6.09. The number of hydrogen-bond donors (Lipinski definition) is 0. The zero-order valence-corrected chi connectivity index (χ0v) is 16.6. The van der Waals surface area contributed by atoms with Crippen LogP contribution in [0.15, 0.2) is 30.3 Å². The van der Waals surface area contributed by atoms with E-state index in [0.717, 1.165) is 63.5 Å². The molecule has 4 rings (SSSR count). The first-order valence-corrected chi connectivity index (χ1v) is 10.8. The van der Waals surface area contributed by atoms with Crippen LogP contribution in [0.1, 0.15) is 70.6 Å². The van der Waals surface area contributed by atoms with Crippen LogP contribution < -0.4 is 4.90 Å². The molecule has 28 heavy (non-hydrogen) atoms. The van der Waals surface area contributed by atoms with Gasteiger partial charge in [0, 0.05) is 18.2 Å². The molecule has 5 nitrogen and oxygen atoms in total. The van der Waals surface area contributed by atoms with Crippen LogP contribution in [0.25, 0.3) is 0 Å². The molecule has 0 bridgehead atoms. The largest absolute Gasteiger partial charge is 0.308 e. The molecule has 0 aromatic heterocycles. The van der Waals surface area contributed by atoms with Gasteiger partial charge in [-0.2, -0.15) is 0 Å². The molecule has 3 fully saturated rings. The summed E-state index contributed by atoms with van der Waals surface area (Å²) in [6.45, 7) is -0.120. The van der Waals surface area contributed by atoms with Crippen molar-refractivity contribution in [3.63, 3.8) is 0 Å². The first-order valence-electron chi connectivity index (χ1n) is 10.8. The molecule has 1 aromatic rings. The lowest BCUT2D eigenvalue weighted by molar-refractivity contribution is -0.145. The van der Waals surface area contributed by atoms with E-state index in [1.54, 1.807) is 0 Å². The van der Waals surface area contributed by atoms with Crippen molar-refractivity contribution in [3.8, 4) is 0 Å². The summed E-state index contributed by atoms with van der Waals surface area (Å²) in [7, 11) is 0. The van der Waals surface area contributed by atoms with Gasteiger partial charge in [0.2, 0.25) is 17.7 Å². The molecular formula is C23H30N2O3. The average molecular weight is 383 g/mol. The Labute approximate surface area is 167 Å². The van der Waals surface area contributed by atoms with Gasteiger partial charge in [0.15, 0.2) is 0 Å². The van der Waals surface area contributed by atoms with Gasteiger partial charge in [0.05, 0.1) is 5.41 Å². The standard InChI is InChI=1S/C23H30N2O3/c26-20-16-23(14-8-3-9-15-23)22(28)24(20)17-21(27)25(18-10-4-1-5-11-18)19-12-6-2-7-13-19/h1,4-5,10-11,19H,2-3,6-9,12-17H2. The molecule has 1 heterocycles. The summed E-state index contributed by atoms with van der Waals surface area (Å²) in [6, 6.07) is 9.85. The molecule has 3 aliphatic rings. The Balaban J connectivity index is 1.54. The Morgan fingerprint density at radius 2 is 1.61 bits per heavy atom. The molecule has 0 N–H and O–H groups in total. The van der Waals surface area contributed by atoms with E-state index in [4.69, 9.17) is 0 Å². The first kappa shape index (κ1) is 19.2. The van der Waals surface area contributed by atoms with E-state index in [2.05, 4.69) is 0 Å². The molecule has 1 saturated heterocycles. The normalized spacial score (nSPS) is 22.6. The van der Waals surface area contributed by atoms with E-state index in [1.165, 1.54) is 11.3 Å². The number of nitrogens with zero attached hydrogens (tertiary/aromatic N) is 2. The Kier molecular flexibility index (Phi) is 5.51. The predicted octanol–water partition coefficient (Wildman–Crippen LogP) is 4.06. The first-order chi connectivity index (χ1) is 13.6. The van der Waals surface area contributed by atoms with Crippen molar-refractivity contribution >= 4 is 23.4 Å². The quantitative estimate of drug-likeness (QED) is 0.738. The van der Waals surface area contributed by atoms with Crippen LogP contribution in [0, 0.1) is 5.41 Å². The number of para-hydroxylation sites is 1. The predicted molar refractivity (Wildman–Crippen MR) is 108 cm³/mol. The number of amides is 3. The summed E-state index contributed by atoms with van der Waals surface area (Å²) < 4.78 is 0. The Bertz CT molecular complexity index is 733. The second-order valence-corrected chi connectivity index (χ2v) is 8.69. The third kappa shape index (κ3) is 3.59. The minimum absolute atomic E-state index is 0.109. The number of rotatable bonds is 4. The van der Waals surface area contributed by atoms with E-state index in [9.17, 15) is 14.4 Å². The molecule has 5 heteroatoms. The topological polar surface area (TPSA) is 57.7 Å². The fourth-order valence-corrected chi connectivity index (χ4v) is 5.34. The highest BCUT2D eigenvalue weighted by Crippen LogP contribution is 2.45. The summed E-state index contributed by atoms with van der Waals surface area (Å²) in [5.41, 5.74) is 0.337. The van der Waals surface area contributed by atoms with E-state index >= 15 is 0 Å². The van der Waals surface area contributed by atoms with E-state index < -0.39 is 5.41 Å². The summed E-state index contributed by atoms with van der Waals surface area (Å²) in [6.07, 6.45) is 10.4. The van der Waals surface area contributed by atoms with Crippen molar-refractivity contribution in [2.75, 3.05) is 11.4 Å². The number of likely N-dealkylation sites (tertiary alicyclic amines) is 1. The lowest BCUT2D eigenvalue weighted by Gasteiger charge is -2.35. The minimum atomic E-state index is -0.530. The van der Waals surface area contributed by atoms with Crippen molar-refractivity contribution in [3.05, 3.63) is 30.3 Å². The van der Waals surface area contributed by atoms with Crippen molar-refractivity contribution < 1.29 is 14.4 Å². The lowest BCUT2D eigenvalue weighted by Crippen LogP contribution is -2.48. The third-order valence-corrected chi connectivity index (χ3v) is 6.84. The number of carbonyl (C=O) groups is 3. The highest BCUT2D eigenvalue weighted by atomic mass is 16.2. The number of benzene rings is 1. The van der Waals surface area contributed by atoms with Crippen LogP contribution in [0.2, 0.25) is 0 Å². The fraction of sp³-hybridized carbons (Fsp3) is 0.609. The summed E-state index contributed by atoms with van der Waals surface area (Å²) in [4.78, 5) is 42.2. The van der Waals surface area contributed by atoms with Gasteiger partial charge in [-0.3, -0.25) is 19.3 Å². The van der Waals surface area contributed by atoms with Gasteiger partial charge in [0.25, 0.3) is 0 Å². The van der Waals surface area contributed by atoms with Crippen LogP contribution in [0.4, 0.5) is 5.69 Å². The summed E-state index contributed by atoms with van der Waals surface area (Å²) in [5, 5.41) is 0. The summed E-state index contributed by atoms with van der Waals surface area (Å²) in [5.74, 6) is -0.410. The van der Waals surface area contributed by atoms with Crippen molar-refractivity contribution in [1.82, 2.24) is 4.90 Å². The zero-order valence-electron chi connectivity index (χ0n) is 16.6. The smallest absolute Gasteiger partial charge is 0.247 e. The van der Waals surface area contributed by atoms with Crippen molar-refractivity contribution in [1.29, 1.82) is 0 Å². The monoisotopic (exact) mass is 382 g/mol. The fourth-order valence-electron chi connectivity index (χ4n) is 5.34. The molecule has 0 radical (unpaired) electrons. The second kappa shape index (κ2) is 8.06. The molecule has 0 atom stereocenters. The molecule has 0 unspecified atom stereocenters. The van der Waals surface area contributed by atoms with Crippen LogP contribution in [0.5, 0.6) is 0 Å². The van der Waals surface area contributed by atoms with Gasteiger partial charge in [0.1, 0.15) is 6.54 Å². The molecule has 2 saturated carbocycles. The van der Waals surface area contributed by atoms with E-state index in [1.807, 2.05) is 35.2 Å². The van der Waals surface area contributed by atoms with E-state index in [0.29, 0.717) is 0 Å². The molecule has 2 aliphatic carbocycles. The SMILES string of the molecule is O=C1CC2(CCCCC2)C(=O)N1CC(=O)N(c1ccccc1)C1CCCCC1. The summed E-state index contributed by atoms with van der Waals surface area (Å²) >= 11 is 0. The minimum Gasteiger partial charge on any atom is -0.308 e. The molecular weight excluding hydrogens is 352 g/mol. The number of imide groups is 1. The Morgan fingerprint density at radius 1 is 0.964 bits per heavy atom. The lowest BCUT2D eigenvalue weighted by atomic mass is 9.73. The number of hydrogen-bond acceptors (Lipinski definition) is 3. The Hall–Kier alpha value is -2.17. The van der Waals surface area contributed by atoms with Gasteiger partial charge in [-0.15, -0.1) is 0 Å². The maximum Gasteiger partial charge on any atom is 0.247 e. The number of anilines is 1. The Morgan fingerprint density at radius 3 is 2.29 bits per heavy atom. The molecule has 1 spiro atoms.